The zero-order chi connectivity index (χ0) is 19.1. The number of aromatic nitrogens is 1. The minimum absolute atomic E-state index is 0.0842. The van der Waals surface area contributed by atoms with Gasteiger partial charge in [-0.05, 0) is 29.8 Å². The Bertz CT molecular complexity index is 1280. The van der Waals surface area contributed by atoms with Crippen LogP contribution in [0.5, 0.6) is 0 Å². The van der Waals surface area contributed by atoms with Gasteiger partial charge in [0.05, 0.1) is 16.1 Å². The van der Waals surface area contributed by atoms with Crippen LogP contribution in [-0.4, -0.2) is 16.1 Å². The Morgan fingerprint density at radius 1 is 0.929 bits per heavy atom. The average molecular weight is 366 g/mol. The Balaban J connectivity index is 1.80. The van der Waals surface area contributed by atoms with E-state index in [0.717, 1.165) is 44.4 Å². The van der Waals surface area contributed by atoms with E-state index in [1.807, 2.05) is 60.9 Å². The summed E-state index contributed by atoms with van der Waals surface area (Å²) < 4.78 is 0. The molecule has 1 aromatic heterocycles. The first-order valence-electron chi connectivity index (χ1n) is 8.97. The molecular formula is C23H16N3O2+. The van der Waals surface area contributed by atoms with Gasteiger partial charge in [0, 0.05) is 46.4 Å². The smallest absolute Gasteiger partial charge is 0.269 e. The molecule has 0 fully saturated rings. The number of rotatable bonds is 3. The molecule has 2 heterocycles. The fourth-order valence-corrected chi connectivity index (χ4v) is 3.76. The van der Waals surface area contributed by atoms with E-state index in [-0.39, 0.29) is 10.6 Å². The van der Waals surface area contributed by atoms with Gasteiger partial charge in [0.2, 0.25) is 5.69 Å². The highest BCUT2D eigenvalue weighted by molar-refractivity contribution is 6.24. The second-order valence-electron chi connectivity index (χ2n) is 6.67. The average Bonchev–Trinajstić information content (AvgIpc) is 3.34. The van der Waals surface area contributed by atoms with Gasteiger partial charge in [-0.3, -0.25) is 10.1 Å². The molecule has 5 heteroatoms. The fraction of sp³-hybridized carbons (Fsp3) is 0. The van der Waals surface area contributed by atoms with Gasteiger partial charge in [0.25, 0.3) is 5.69 Å². The first kappa shape index (κ1) is 16.2. The van der Waals surface area contributed by atoms with Crippen LogP contribution in [0, 0.1) is 10.1 Å². The van der Waals surface area contributed by atoms with Crippen molar-refractivity contribution in [3.05, 3.63) is 106 Å². The Morgan fingerprint density at radius 2 is 1.68 bits per heavy atom. The number of nitro groups is 1. The van der Waals surface area contributed by atoms with Gasteiger partial charge in [0.1, 0.15) is 0 Å². The van der Waals surface area contributed by atoms with Crippen LogP contribution in [0.15, 0.2) is 79.0 Å². The first-order valence-corrected chi connectivity index (χ1v) is 8.97. The number of benzene rings is 3. The molecule has 134 valence electrons. The summed E-state index contributed by atoms with van der Waals surface area (Å²) in [6.45, 7) is 0. The van der Waals surface area contributed by atoms with Crippen LogP contribution in [0.2, 0.25) is 0 Å². The minimum atomic E-state index is -0.374. The molecule has 28 heavy (non-hydrogen) atoms. The number of H-pyrrole nitrogens is 1. The summed E-state index contributed by atoms with van der Waals surface area (Å²) in [5.41, 5.74) is 7.39. The van der Waals surface area contributed by atoms with Gasteiger partial charge < -0.3 is 4.98 Å². The molecule has 1 aliphatic heterocycles. The Kier molecular flexibility index (Phi) is 3.66. The minimum Gasteiger partial charge on any atom is -0.361 e. The Hall–Kier alpha value is -3.99. The molecule has 0 radical (unpaired) electrons. The topological polar surface area (TPSA) is 72.9 Å². The first-order chi connectivity index (χ1) is 13.7. The van der Waals surface area contributed by atoms with E-state index < -0.39 is 0 Å². The fourth-order valence-electron chi connectivity index (χ4n) is 3.76. The van der Waals surface area contributed by atoms with Crippen molar-refractivity contribution in [1.29, 1.82) is 0 Å². The van der Waals surface area contributed by atoms with E-state index in [9.17, 15) is 10.1 Å². The van der Waals surface area contributed by atoms with Gasteiger partial charge in [0.15, 0.2) is 6.21 Å². The monoisotopic (exact) mass is 366 g/mol. The maximum absolute atomic E-state index is 11.1. The molecule has 0 saturated heterocycles. The predicted molar refractivity (Wildman–Crippen MR) is 110 cm³/mol. The largest absolute Gasteiger partial charge is 0.361 e. The van der Waals surface area contributed by atoms with Gasteiger partial charge >= 0.3 is 0 Å². The number of hydrogen-bond donors (Lipinski definition) is 2. The number of allylic oxidation sites excluding steroid dienone is 1. The maximum atomic E-state index is 11.1. The molecule has 2 N–H and O–H groups in total. The van der Waals surface area contributed by atoms with Crippen molar-refractivity contribution >= 4 is 39.6 Å². The summed E-state index contributed by atoms with van der Waals surface area (Å²) in [5, 5.41) is 12.2. The second kappa shape index (κ2) is 6.32. The number of para-hydroxylation sites is 2. The standard InChI is InChI=1S/C23H15N3O2/c27-26(28)16-11-9-15(10-12-16)23(19-13-24-21-7-3-1-5-17(19)21)20-14-25-22-8-4-2-6-18(20)22/h1-14,24H/p+1/b23-20+. The molecule has 5 nitrogen and oxygen atoms in total. The summed E-state index contributed by atoms with van der Waals surface area (Å²) in [6.07, 6.45) is 4.01. The second-order valence-corrected chi connectivity index (χ2v) is 6.67. The molecule has 1 aliphatic rings. The zero-order valence-electron chi connectivity index (χ0n) is 14.8. The number of nitrogens with one attached hydrogen (secondary N) is 2. The molecule has 4 aromatic rings. The van der Waals surface area contributed by atoms with Crippen molar-refractivity contribution in [3.8, 4) is 0 Å². The van der Waals surface area contributed by atoms with Crippen LogP contribution in [0.4, 0.5) is 11.4 Å². The summed E-state index contributed by atoms with van der Waals surface area (Å²) >= 11 is 0. The van der Waals surface area contributed by atoms with Crippen molar-refractivity contribution < 1.29 is 9.92 Å². The van der Waals surface area contributed by atoms with E-state index in [2.05, 4.69) is 22.1 Å². The highest BCUT2D eigenvalue weighted by Gasteiger charge is 2.25. The lowest BCUT2D eigenvalue weighted by Crippen LogP contribution is -2.58. The molecular weight excluding hydrogens is 350 g/mol. The number of non-ortho nitro benzene ring substituents is 1. The zero-order valence-corrected chi connectivity index (χ0v) is 14.8. The van der Waals surface area contributed by atoms with E-state index in [0.29, 0.717) is 0 Å². The van der Waals surface area contributed by atoms with E-state index in [1.165, 1.54) is 0 Å². The van der Waals surface area contributed by atoms with E-state index in [4.69, 9.17) is 0 Å². The summed E-state index contributed by atoms with van der Waals surface area (Å²) in [7, 11) is 0. The SMILES string of the molecule is O=[N+]([O-])c1ccc(/C(=C2/C=[NH+]c3ccccc32)c2c[nH]c3ccccc23)cc1. The molecule has 0 bridgehead atoms. The van der Waals surface area contributed by atoms with E-state index in [1.54, 1.807) is 12.1 Å². The molecule has 5 rings (SSSR count). The van der Waals surface area contributed by atoms with Crippen LogP contribution in [0.3, 0.4) is 0 Å². The van der Waals surface area contributed by atoms with Gasteiger partial charge in [-0.15, -0.1) is 0 Å². The third-order valence-corrected chi connectivity index (χ3v) is 5.08. The molecule has 0 saturated carbocycles. The van der Waals surface area contributed by atoms with Crippen LogP contribution in [-0.2, 0) is 0 Å². The third kappa shape index (κ3) is 2.53. The van der Waals surface area contributed by atoms with Crippen molar-refractivity contribution in [2.45, 2.75) is 0 Å². The molecule has 0 unspecified atom stereocenters. The number of aromatic amines is 1. The number of hydrogen-bond acceptors (Lipinski definition) is 2. The van der Waals surface area contributed by atoms with Crippen molar-refractivity contribution in [3.63, 3.8) is 0 Å². The van der Waals surface area contributed by atoms with Crippen molar-refractivity contribution in [2.24, 2.45) is 0 Å². The Labute approximate surface area is 160 Å². The summed E-state index contributed by atoms with van der Waals surface area (Å²) in [5.74, 6) is 0. The Morgan fingerprint density at radius 3 is 2.50 bits per heavy atom. The number of fused-ring (bicyclic) bond motifs is 2. The summed E-state index contributed by atoms with van der Waals surface area (Å²) in [4.78, 5) is 17.4. The van der Waals surface area contributed by atoms with Crippen molar-refractivity contribution in [1.82, 2.24) is 4.98 Å². The highest BCUT2D eigenvalue weighted by atomic mass is 16.6. The van der Waals surface area contributed by atoms with Gasteiger partial charge in [-0.2, -0.15) is 0 Å². The van der Waals surface area contributed by atoms with E-state index >= 15 is 0 Å². The lowest BCUT2D eigenvalue weighted by atomic mass is 9.90. The third-order valence-electron chi connectivity index (χ3n) is 5.08. The predicted octanol–water partition coefficient (Wildman–Crippen LogP) is 3.83. The lowest BCUT2D eigenvalue weighted by molar-refractivity contribution is -0.384. The molecule has 0 atom stereocenters. The molecule has 0 aliphatic carbocycles. The van der Waals surface area contributed by atoms with Gasteiger partial charge in [-0.25, -0.2) is 4.99 Å². The highest BCUT2D eigenvalue weighted by Crippen LogP contribution is 2.37. The lowest BCUT2D eigenvalue weighted by Gasteiger charge is -2.10. The summed E-state index contributed by atoms with van der Waals surface area (Å²) in [6, 6.07) is 23.0. The van der Waals surface area contributed by atoms with Gasteiger partial charge in [-0.1, -0.05) is 30.3 Å². The number of nitrogens with zero attached hydrogens (tertiary/aromatic N) is 1. The van der Waals surface area contributed by atoms with Crippen LogP contribution < -0.4 is 4.99 Å². The quantitative estimate of drug-likeness (QED) is 0.427. The van der Waals surface area contributed by atoms with Crippen molar-refractivity contribution in [2.75, 3.05) is 0 Å². The van der Waals surface area contributed by atoms with Crippen LogP contribution in [0.1, 0.15) is 16.7 Å². The van der Waals surface area contributed by atoms with Crippen LogP contribution >= 0.6 is 0 Å². The molecule has 3 aromatic carbocycles. The normalized spacial score (nSPS) is 14.3. The molecule has 0 spiro atoms. The molecule has 0 amide bonds. The maximum Gasteiger partial charge on any atom is 0.269 e. The van der Waals surface area contributed by atoms with Crippen LogP contribution in [0.25, 0.3) is 22.0 Å². The number of nitro benzene ring substituents is 1.